The molecule has 0 saturated carbocycles. The average Bonchev–Trinajstić information content (AvgIpc) is 2.91. The zero-order chi connectivity index (χ0) is 15.0. The number of nitrogens with zero attached hydrogens (tertiary/aromatic N) is 1. The zero-order valence-electron chi connectivity index (χ0n) is 12.2. The van der Waals surface area contributed by atoms with E-state index in [9.17, 15) is 4.79 Å². The van der Waals surface area contributed by atoms with E-state index in [1.54, 1.807) is 0 Å². The van der Waals surface area contributed by atoms with Crippen LogP contribution in [0.3, 0.4) is 0 Å². The molecule has 110 valence electrons. The molecule has 2 atom stereocenters. The van der Waals surface area contributed by atoms with E-state index in [1.807, 2.05) is 49.2 Å². The summed E-state index contributed by atoms with van der Waals surface area (Å²) >= 11 is 3.47. The van der Waals surface area contributed by atoms with Crippen LogP contribution in [0.2, 0.25) is 0 Å². The van der Waals surface area contributed by atoms with Crippen molar-refractivity contribution in [3.05, 3.63) is 46.4 Å². The standard InChI is InChI=1S/C17H18BrNO2/c1-11-16(7-8-21-11)19(2)17(20)14-4-3-13-10-15(18)6-5-12(13)9-14/h3-6,9-11,16H,7-8H2,1-2H3. The van der Waals surface area contributed by atoms with Crippen molar-refractivity contribution in [3.63, 3.8) is 0 Å². The summed E-state index contributed by atoms with van der Waals surface area (Å²) in [6.45, 7) is 2.76. The smallest absolute Gasteiger partial charge is 0.253 e. The van der Waals surface area contributed by atoms with Crippen molar-refractivity contribution in [2.45, 2.75) is 25.5 Å². The first kappa shape index (κ1) is 14.5. The zero-order valence-corrected chi connectivity index (χ0v) is 13.8. The Balaban J connectivity index is 1.89. The van der Waals surface area contributed by atoms with Crippen molar-refractivity contribution in [3.8, 4) is 0 Å². The molecule has 1 aliphatic heterocycles. The van der Waals surface area contributed by atoms with Crippen molar-refractivity contribution < 1.29 is 9.53 Å². The molecule has 2 aromatic rings. The maximum absolute atomic E-state index is 12.6. The first-order valence-corrected chi connectivity index (χ1v) is 7.93. The molecular weight excluding hydrogens is 330 g/mol. The van der Waals surface area contributed by atoms with Gasteiger partial charge >= 0.3 is 0 Å². The van der Waals surface area contributed by atoms with Crippen LogP contribution in [0.25, 0.3) is 10.8 Å². The summed E-state index contributed by atoms with van der Waals surface area (Å²) in [4.78, 5) is 14.5. The molecule has 0 aliphatic carbocycles. The van der Waals surface area contributed by atoms with Gasteiger partial charge in [-0.25, -0.2) is 0 Å². The van der Waals surface area contributed by atoms with E-state index in [0.717, 1.165) is 33.8 Å². The molecule has 3 rings (SSSR count). The predicted octanol–water partition coefficient (Wildman–Crippen LogP) is 3.85. The van der Waals surface area contributed by atoms with Gasteiger partial charge in [-0.05, 0) is 48.4 Å². The van der Waals surface area contributed by atoms with Gasteiger partial charge < -0.3 is 9.64 Å². The number of carbonyl (C=O) groups is 1. The molecule has 3 nitrogen and oxygen atoms in total. The summed E-state index contributed by atoms with van der Waals surface area (Å²) in [5.41, 5.74) is 0.728. The van der Waals surface area contributed by atoms with E-state index in [-0.39, 0.29) is 18.1 Å². The Bertz CT molecular complexity index is 686. The highest BCUT2D eigenvalue weighted by atomic mass is 79.9. The lowest BCUT2D eigenvalue weighted by Crippen LogP contribution is -2.40. The van der Waals surface area contributed by atoms with E-state index >= 15 is 0 Å². The summed E-state index contributed by atoms with van der Waals surface area (Å²) in [6.07, 6.45) is 1.01. The molecule has 1 aliphatic rings. The Kier molecular flexibility index (Phi) is 4.00. The van der Waals surface area contributed by atoms with E-state index in [1.165, 1.54) is 0 Å². The second-order valence-corrected chi connectivity index (χ2v) is 6.47. The number of ether oxygens (including phenoxy) is 1. The summed E-state index contributed by atoms with van der Waals surface area (Å²) in [6, 6.07) is 12.1. The lowest BCUT2D eigenvalue weighted by molar-refractivity contribution is 0.0575. The number of hydrogen-bond donors (Lipinski definition) is 0. The molecule has 4 heteroatoms. The highest BCUT2D eigenvalue weighted by Crippen LogP contribution is 2.24. The number of halogens is 1. The third-order valence-corrected chi connectivity index (χ3v) is 4.70. The fourth-order valence-corrected chi connectivity index (χ4v) is 3.31. The summed E-state index contributed by atoms with van der Waals surface area (Å²) < 4.78 is 6.60. The van der Waals surface area contributed by atoms with Gasteiger partial charge in [0.1, 0.15) is 0 Å². The van der Waals surface area contributed by atoms with Gasteiger partial charge in [0, 0.05) is 23.7 Å². The number of benzene rings is 2. The van der Waals surface area contributed by atoms with Crippen LogP contribution in [0.4, 0.5) is 0 Å². The first-order valence-electron chi connectivity index (χ1n) is 7.14. The molecule has 21 heavy (non-hydrogen) atoms. The van der Waals surface area contributed by atoms with Crippen molar-refractivity contribution in [2.24, 2.45) is 0 Å². The number of carbonyl (C=O) groups excluding carboxylic acids is 1. The van der Waals surface area contributed by atoms with Gasteiger partial charge in [0.25, 0.3) is 5.91 Å². The predicted molar refractivity (Wildman–Crippen MR) is 87.6 cm³/mol. The van der Waals surface area contributed by atoms with Gasteiger partial charge in [-0.1, -0.05) is 28.1 Å². The molecule has 2 aromatic carbocycles. The quantitative estimate of drug-likeness (QED) is 0.825. The van der Waals surface area contributed by atoms with Crippen LogP contribution in [0.5, 0.6) is 0 Å². The second kappa shape index (κ2) is 5.78. The van der Waals surface area contributed by atoms with Crippen LogP contribution < -0.4 is 0 Å². The fourth-order valence-electron chi connectivity index (χ4n) is 2.93. The maximum atomic E-state index is 12.6. The van der Waals surface area contributed by atoms with Gasteiger partial charge in [-0.15, -0.1) is 0 Å². The largest absolute Gasteiger partial charge is 0.376 e. The SMILES string of the molecule is CC1OCCC1N(C)C(=O)c1ccc2cc(Br)ccc2c1. The molecule has 1 fully saturated rings. The number of fused-ring (bicyclic) bond motifs is 1. The minimum Gasteiger partial charge on any atom is -0.376 e. The topological polar surface area (TPSA) is 29.5 Å². The van der Waals surface area contributed by atoms with Crippen molar-refractivity contribution >= 4 is 32.6 Å². The molecule has 0 N–H and O–H groups in total. The van der Waals surface area contributed by atoms with Gasteiger partial charge in [-0.3, -0.25) is 4.79 Å². The van der Waals surface area contributed by atoms with E-state index < -0.39 is 0 Å². The number of likely N-dealkylation sites (N-methyl/N-ethyl adjacent to an activating group) is 1. The van der Waals surface area contributed by atoms with Gasteiger partial charge in [-0.2, -0.15) is 0 Å². The average molecular weight is 348 g/mol. The van der Waals surface area contributed by atoms with E-state index in [4.69, 9.17) is 4.74 Å². The van der Waals surface area contributed by atoms with E-state index in [0.29, 0.717) is 0 Å². The Morgan fingerprint density at radius 3 is 2.67 bits per heavy atom. The molecule has 2 unspecified atom stereocenters. The highest BCUT2D eigenvalue weighted by Gasteiger charge is 2.30. The number of rotatable bonds is 2. The highest BCUT2D eigenvalue weighted by molar-refractivity contribution is 9.10. The van der Waals surface area contributed by atoms with Crippen LogP contribution in [-0.4, -0.2) is 36.6 Å². The molecular formula is C17H18BrNO2. The lowest BCUT2D eigenvalue weighted by atomic mass is 10.0. The lowest BCUT2D eigenvalue weighted by Gasteiger charge is -2.27. The molecule has 0 aromatic heterocycles. The maximum Gasteiger partial charge on any atom is 0.253 e. The fraction of sp³-hybridized carbons (Fsp3) is 0.353. The molecule has 1 amide bonds. The second-order valence-electron chi connectivity index (χ2n) is 5.55. The van der Waals surface area contributed by atoms with Gasteiger partial charge in [0.05, 0.1) is 12.1 Å². The molecule has 0 bridgehead atoms. The van der Waals surface area contributed by atoms with Crippen LogP contribution in [0.1, 0.15) is 23.7 Å². The number of hydrogen-bond acceptors (Lipinski definition) is 2. The van der Waals surface area contributed by atoms with Crippen LogP contribution in [-0.2, 0) is 4.74 Å². The Morgan fingerprint density at radius 2 is 1.95 bits per heavy atom. The third kappa shape index (κ3) is 2.83. The Labute approximate surface area is 133 Å². The number of amides is 1. The monoisotopic (exact) mass is 347 g/mol. The van der Waals surface area contributed by atoms with Crippen LogP contribution in [0.15, 0.2) is 40.9 Å². The first-order chi connectivity index (χ1) is 10.1. The minimum absolute atomic E-state index is 0.0576. The Hall–Kier alpha value is -1.39. The summed E-state index contributed by atoms with van der Waals surface area (Å²) in [7, 11) is 1.87. The van der Waals surface area contributed by atoms with Crippen LogP contribution >= 0.6 is 15.9 Å². The normalized spacial score (nSPS) is 21.7. The van der Waals surface area contributed by atoms with Crippen LogP contribution in [0, 0.1) is 0 Å². The molecule has 0 spiro atoms. The molecule has 0 radical (unpaired) electrons. The Morgan fingerprint density at radius 1 is 1.24 bits per heavy atom. The summed E-state index contributed by atoms with van der Waals surface area (Å²) in [5, 5.41) is 2.20. The van der Waals surface area contributed by atoms with Gasteiger partial charge in [0.15, 0.2) is 0 Å². The summed E-state index contributed by atoms with van der Waals surface area (Å²) in [5.74, 6) is 0.0576. The van der Waals surface area contributed by atoms with Crippen molar-refractivity contribution in [2.75, 3.05) is 13.7 Å². The van der Waals surface area contributed by atoms with Gasteiger partial charge in [0.2, 0.25) is 0 Å². The van der Waals surface area contributed by atoms with E-state index in [2.05, 4.69) is 22.0 Å². The van der Waals surface area contributed by atoms with Crippen molar-refractivity contribution in [1.29, 1.82) is 0 Å². The molecule has 1 heterocycles. The molecule has 1 saturated heterocycles. The third-order valence-electron chi connectivity index (χ3n) is 4.20. The minimum atomic E-state index is 0.0576. The van der Waals surface area contributed by atoms with Crippen molar-refractivity contribution in [1.82, 2.24) is 4.90 Å².